The Morgan fingerprint density at radius 2 is 1.94 bits per heavy atom. The van der Waals surface area contributed by atoms with Crippen LogP contribution in [0, 0.1) is 5.92 Å². The van der Waals surface area contributed by atoms with E-state index < -0.39 is 0 Å². The maximum Gasteiger partial charge on any atom is 0.0341 e. The average Bonchev–Trinajstić information content (AvgIpc) is 2.40. The summed E-state index contributed by atoms with van der Waals surface area (Å²) in [6.07, 6.45) is 2.60. The molecule has 1 heterocycles. The van der Waals surface area contributed by atoms with Crippen molar-refractivity contribution in [3.63, 3.8) is 0 Å². The first-order valence-corrected chi connectivity index (χ1v) is 7.54. The third kappa shape index (κ3) is 4.25. The number of benzene rings is 1. The number of anilines is 1. The van der Waals surface area contributed by atoms with Gasteiger partial charge in [-0.25, -0.2) is 0 Å². The smallest absolute Gasteiger partial charge is 0.0341 e. The Morgan fingerprint density at radius 3 is 2.59 bits per heavy atom. The van der Waals surface area contributed by atoms with Crippen molar-refractivity contribution in [2.75, 3.05) is 30.7 Å². The lowest BCUT2D eigenvalue weighted by atomic mass is 9.98. The van der Waals surface area contributed by atoms with Crippen molar-refractivity contribution < 1.29 is 0 Å². The summed E-state index contributed by atoms with van der Waals surface area (Å²) in [5.74, 6) is 1.97. The third-order valence-electron chi connectivity index (χ3n) is 3.22. The fourth-order valence-electron chi connectivity index (χ4n) is 2.18. The summed E-state index contributed by atoms with van der Waals surface area (Å²) in [5.41, 5.74) is 1.25. The lowest BCUT2D eigenvalue weighted by Crippen LogP contribution is -2.31. The van der Waals surface area contributed by atoms with Gasteiger partial charge in [-0.3, -0.25) is 0 Å². The van der Waals surface area contributed by atoms with Gasteiger partial charge in [0.1, 0.15) is 0 Å². The second kappa shape index (κ2) is 6.92. The third-order valence-corrected chi connectivity index (χ3v) is 4.11. The maximum atomic E-state index is 3.55. The van der Waals surface area contributed by atoms with Gasteiger partial charge in [0.05, 0.1) is 0 Å². The zero-order valence-electron chi connectivity index (χ0n) is 10.5. The van der Waals surface area contributed by atoms with Crippen LogP contribution in [0.5, 0.6) is 0 Å². The summed E-state index contributed by atoms with van der Waals surface area (Å²) >= 11 is 1.89. The van der Waals surface area contributed by atoms with E-state index in [1.54, 1.807) is 0 Å². The molecule has 94 valence electrons. The Morgan fingerprint density at radius 1 is 1.24 bits per heavy atom. The maximum absolute atomic E-state index is 3.55. The first-order chi connectivity index (χ1) is 8.38. The van der Waals surface area contributed by atoms with Crippen LogP contribution in [-0.4, -0.2) is 25.4 Å². The highest BCUT2D eigenvalue weighted by Crippen LogP contribution is 2.20. The van der Waals surface area contributed by atoms with Crippen LogP contribution in [0.25, 0.3) is 0 Å². The molecule has 3 heteroatoms. The molecule has 1 aromatic rings. The van der Waals surface area contributed by atoms with Crippen LogP contribution in [0.1, 0.15) is 19.8 Å². The van der Waals surface area contributed by atoms with Crippen molar-refractivity contribution >= 4 is 17.4 Å². The van der Waals surface area contributed by atoms with E-state index in [0.717, 1.165) is 18.2 Å². The highest BCUT2D eigenvalue weighted by molar-refractivity contribution is 7.99. The quantitative estimate of drug-likeness (QED) is 0.785. The van der Waals surface area contributed by atoms with Crippen molar-refractivity contribution in [2.24, 2.45) is 5.92 Å². The van der Waals surface area contributed by atoms with Crippen LogP contribution in [0.2, 0.25) is 0 Å². The molecule has 1 aromatic carbocycles. The Kier molecular flexibility index (Phi) is 5.20. The van der Waals surface area contributed by atoms with Crippen molar-refractivity contribution in [3.8, 4) is 0 Å². The molecule has 17 heavy (non-hydrogen) atoms. The first-order valence-electron chi connectivity index (χ1n) is 6.56. The monoisotopic (exact) mass is 250 g/mol. The van der Waals surface area contributed by atoms with Crippen LogP contribution >= 0.6 is 11.8 Å². The molecule has 1 aliphatic rings. The van der Waals surface area contributed by atoms with Gasteiger partial charge in [0.15, 0.2) is 0 Å². The molecule has 0 aliphatic carbocycles. The van der Waals surface area contributed by atoms with Gasteiger partial charge >= 0.3 is 0 Å². The summed E-state index contributed by atoms with van der Waals surface area (Å²) in [6.45, 7) is 5.66. The molecule has 0 bridgehead atoms. The molecule has 2 N–H and O–H groups in total. The minimum Gasteiger partial charge on any atom is -0.385 e. The van der Waals surface area contributed by atoms with Crippen LogP contribution in [0.4, 0.5) is 5.69 Å². The Hall–Kier alpha value is -0.670. The van der Waals surface area contributed by atoms with E-state index in [0.29, 0.717) is 0 Å². The second-order valence-electron chi connectivity index (χ2n) is 4.53. The largest absolute Gasteiger partial charge is 0.385 e. The zero-order valence-corrected chi connectivity index (χ0v) is 11.4. The molecule has 2 nitrogen and oxygen atoms in total. The molecule has 0 unspecified atom stereocenters. The van der Waals surface area contributed by atoms with Gasteiger partial charge in [-0.05, 0) is 61.9 Å². The highest BCUT2D eigenvalue weighted by atomic mass is 32.2. The van der Waals surface area contributed by atoms with Crippen molar-refractivity contribution in [3.05, 3.63) is 24.3 Å². The van der Waals surface area contributed by atoms with E-state index in [1.165, 1.54) is 36.5 Å². The predicted octanol–water partition coefficient (Wildman–Crippen LogP) is 3.21. The number of hydrogen-bond donors (Lipinski definition) is 2. The van der Waals surface area contributed by atoms with Gasteiger partial charge < -0.3 is 10.6 Å². The van der Waals surface area contributed by atoms with Gasteiger partial charge in [-0.1, -0.05) is 6.92 Å². The normalized spacial score (nSPS) is 17.0. The summed E-state index contributed by atoms with van der Waals surface area (Å²) in [7, 11) is 0. The standard InChI is InChI=1S/C14H22N2S/c1-2-17-14-5-3-13(4-6-14)16-11-12-7-9-15-10-8-12/h3-6,12,15-16H,2,7-11H2,1H3. The predicted molar refractivity (Wildman–Crippen MR) is 76.9 cm³/mol. The van der Waals surface area contributed by atoms with Gasteiger partial charge in [0.25, 0.3) is 0 Å². The molecule has 1 saturated heterocycles. The summed E-state index contributed by atoms with van der Waals surface area (Å²) in [4.78, 5) is 1.36. The van der Waals surface area contributed by atoms with Gasteiger partial charge in [-0.2, -0.15) is 0 Å². The van der Waals surface area contributed by atoms with Crippen molar-refractivity contribution in [2.45, 2.75) is 24.7 Å². The molecular weight excluding hydrogens is 228 g/mol. The minimum atomic E-state index is 0.834. The van der Waals surface area contributed by atoms with Crippen LogP contribution in [0.3, 0.4) is 0 Å². The van der Waals surface area contributed by atoms with E-state index in [-0.39, 0.29) is 0 Å². The molecule has 2 rings (SSSR count). The zero-order chi connectivity index (χ0) is 11.9. The molecule has 0 radical (unpaired) electrons. The Bertz CT molecular complexity index is 317. The molecular formula is C14H22N2S. The summed E-state index contributed by atoms with van der Waals surface area (Å²) in [6, 6.07) is 8.80. The number of piperidine rings is 1. The first kappa shape index (κ1) is 12.8. The molecule has 0 atom stereocenters. The lowest BCUT2D eigenvalue weighted by Gasteiger charge is -2.23. The van der Waals surface area contributed by atoms with Crippen LogP contribution < -0.4 is 10.6 Å². The molecule has 0 amide bonds. The highest BCUT2D eigenvalue weighted by Gasteiger charge is 2.12. The topological polar surface area (TPSA) is 24.1 Å². The molecule has 0 aromatic heterocycles. The van der Waals surface area contributed by atoms with Crippen LogP contribution in [-0.2, 0) is 0 Å². The average molecular weight is 250 g/mol. The Labute approximate surface area is 109 Å². The SMILES string of the molecule is CCSc1ccc(NCC2CCNCC2)cc1. The number of thioether (sulfide) groups is 1. The number of rotatable bonds is 5. The van der Waals surface area contributed by atoms with Gasteiger partial charge in [-0.15, -0.1) is 11.8 Å². The van der Waals surface area contributed by atoms with E-state index in [2.05, 4.69) is 41.8 Å². The fourth-order valence-corrected chi connectivity index (χ4v) is 2.85. The van der Waals surface area contributed by atoms with Crippen molar-refractivity contribution in [1.29, 1.82) is 0 Å². The van der Waals surface area contributed by atoms with Gasteiger partial charge in [0, 0.05) is 17.1 Å². The fraction of sp³-hybridized carbons (Fsp3) is 0.571. The van der Waals surface area contributed by atoms with Crippen molar-refractivity contribution in [1.82, 2.24) is 5.32 Å². The number of nitrogens with one attached hydrogen (secondary N) is 2. The molecule has 1 aliphatic heterocycles. The summed E-state index contributed by atoms with van der Waals surface area (Å²) < 4.78 is 0. The van der Waals surface area contributed by atoms with E-state index in [9.17, 15) is 0 Å². The van der Waals surface area contributed by atoms with E-state index in [1.807, 2.05) is 11.8 Å². The lowest BCUT2D eigenvalue weighted by molar-refractivity contribution is 0.390. The molecule has 0 saturated carbocycles. The second-order valence-corrected chi connectivity index (χ2v) is 5.87. The molecule has 1 fully saturated rings. The Balaban J connectivity index is 1.77. The van der Waals surface area contributed by atoms with E-state index in [4.69, 9.17) is 0 Å². The van der Waals surface area contributed by atoms with E-state index >= 15 is 0 Å². The van der Waals surface area contributed by atoms with Gasteiger partial charge in [0.2, 0.25) is 0 Å². The summed E-state index contributed by atoms with van der Waals surface area (Å²) in [5, 5.41) is 6.95. The minimum absolute atomic E-state index is 0.834. The number of hydrogen-bond acceptors (Lipinski definition) is 3. The van der Waals surface area contributed by atoms with Crippen LogP contribution in [0.15, 0.2) is 29.2 Å². The molecule has 0 spiro atoms.